The second kappa shape index (κ2) is 8.18. The molecule has 4 rings (SSSR count). The van der Waals surface area contributed by atoms with Gasteiger partial charge in [0.2, 0.25) is 0 Å². The first-order valence-electron chi connectivity index (χ1n) is 11.5. The van der Waals surface area contributed by atoms with E-state index in [-0.39, 0.29) is 23.6 Å². The highest BCUT2D eigenvalue weighted by Gasteiger charge is 2.43. The minimum Gasteiger partial charge on any atom is -0.481 e. The van der Waals surface area contributed by atoms with E-state index >= 15 is 4.39 Å². The van der Waals surface area contributed by atoms with Crippen LogP contribution in [0.3, 0.4) is 0 Å². The number of carbonyl (C=O) groups is 3. The molecule has 1 amide bonds. The summed E-state index contributed by atoms with van der Waals surface area (Å²) < 4.78 is 20.5. The molecule has 1 aliphatic carbocycles. The Kier molecular flexibility index (Phi) is 5.78. The normalized spacial score (nSPS) is 25.1. The summed E-state index contributed by atoms with van der Waals surface area (Å²) in [6, 6.07) is 3.09. The Morgan fingerprint density at radius 2 is 1.97 bits per heavy atom. The van der Waals surface area contributed by atoms with E-state index in [9.17, 15) is 19.5 Å². The minimum absolute atomic E-state index is 0.119. The molecular formula is C24H32FN3O5. The SMILES string of the molecule is CC1(CNC(=O)OC(C)(C)C)CCN(c2cc3c(cc2F)C(=O)C(C(=O)O)CN3C2CC2)C1. The summed E-state index contributed by atoms with van der Waals surface area (Å²) in [5.41, 5.74) is 0.331. The smallest absolute Gasteiger partial charge is 0.407 e. The fourth-order valence-electron chi connectivity index (χ4n) is 4.69. The van der Waals surface area contributed by atoms with Crippen molar-refractivity contribution in [2.24, 2.45) is 11.3 Å². The number of fused-ring (bicyclic) bond motifs is 1. The predicted octanol–water partition coefficient (Wildman–Crippen LogP) is 3.43. The number of nitrogens with one attached hydrogen (secondary N) is 1. The number of hydrogen-bond donors (Lipinski definition) is 2. The number of Topliss-reactive ketones (excluding diaryl/α,β-unsaturated/α-hetero) is 1. The van der Waals surface area contributed by atoms with Gasteiger partial charge in [0.05, 0.1) is 11.4 Å². The zero-order valence-electron chi connectivity index (χ0n) is 19.6. The second-order valence-corrected chi connectivity index (χ2v) is 10.8. The van der Waals surface area contributed by atoms with Gasteiger partial charge < -0.3 is 25.0 Å². The lowest BCUT2D eigenvalue weighted by Crippen LogP contribution is -2.44. The first-order chi connectivity index (χ1) is 15.4. The number of anilines is 2. The summed E-state index contributed by atoms with van der Waals surface area (Å²) in [4.78, 5) is 40.3. The van der Waals surface area contributed by atoms with Crippen LogP contribution in [0.1, 0.15) is 57.3 Å². The van der Waals surface area contributed by atoms with Gasteiger partial charge in [-0.25, -0.2) is 9.18 Å². The zero-order valence-corrected chi connectivity index (χ0v) is 19.6. The monoisotopic (exact) mass is 461 g/mol. The van der Waals surface area contributed by atoms with Gasteiger partial charge in [-0.2, -0.15) is 0 Å². The third kappa shape index (κ3) is 4.91. The number of ketones is 1. The number of rotatable bonds is 5. The van der Waals surface area contributed by atoms with Crippen molar-refractivity contribution in [3.8, 4) is 0 Å². The molecular weight excluding hydrogens is 429 g/mol. The van der Waals surface area contributed by atoms with E-state index in [2.05, 4.69) is 5.32 Å². The van der Waals surface area contributed by atoms with Crippen LogP contribution in [0.25, 0.3) is 0 Å². The summed E-state index contributed by atoms with van der Waals surface area (Å²) in [7, 11) is 0. The van der Waals surface area contributed by atoms with Crippen LogP contribution in [0.4, 0.5) is 20.6 Å². The molecule has 2 fully saturated rings. The summed E-state index contributed by atoms with van der Waals surface area (Å²) in [5, 5.41) is 12.3. The number of ether oxygens (including phenoxy) is 1. The Bertz CT molecular complexity index is 987. The van der Waals surface area contributed by atoms with Crippen LogP contribution in [0.2, 0.25) is 0 Å². The molecule has 0 bridgehead atoms. The molecule has 3 aliphatic rings. The Morgan fingerprint density at radius 3 is 2.58 bits per heavy atom. The van der Waals surface area contributed by atoms with Crippen LogP contribution in [0.15, 0.2) is 12.1 Å². The third-order valence-electron chi connectivity index (χ3n) is 6.58. The van der Waals surface area contributed by atoms with E-state index < -0.39 is 35.2 Å². The maximum absolute atomic E-state index is 15.2. The number of aliphatic carboxylic acids is 1. The molecule has 0 spiro atoms. The molecule has 1 aromatic carbocycles. The van der Waals surface area contributed by atoms with Gasteiger partial charge in [0.1, 0.15) is 17.3 Å². The number of carboxylic acid groups (broad SMARTS) is 1. The van der Waals surface area contributed by atoms with E-state index in [1.807, 2.05) is 16.7 Å². The van der Waals surface area contributed by atoms with Crippen LogP contribution in [0.5, 0.6) is 0 Å². The molecule has 33 heavy (non-hydrogen) atoms. The van der Waals surface area contributed by atoms with Crippen molar-refractivity contribution in [3.63, 3.8) is 0 Å². The highest BCUT2D eigenvalue weighted by Crippen LogP contribution is 2.43. The fraction of sp³-hybridized carbons (Fsp3) is 0.625. The highest BCUT2D eigenvalue weighted by atomic mass is 19.1. The van der Waals surface area contributed by atoms with Crippen molar-refractivity contribution in [1.82, 2.24) is 5.32 Å². The topological polar surface area (TPSA) is 99.2 Å². The van der Waals surface area contributed by atoms with Crippen molar-refractivity contribution >= 4 is 29.2 Å². The summed E-state index contributed by atoms with van der Waals surface area (Å²) in [6.07, 6.45) is 2.15. The standard InChI is InChI=1S/C24H32FN3O5/c1-23(2,3)33-22(32)26-12-24(4)7-8-27(13-24)19-10-18-15(9-17(19)25)20(29)16(21(30)31)11-28(18)14-5-6-14/h9-10,14,16H,5-8,11-13H2,1-4H3,(H,26,32)(H,30,31). The first-order valence-corrected chi connectivity index (χ1v) is 11.5. The number of alkyl carbamates (subject to hydrolysis) is 1. The number of nitrogens with zero attached hydrogens (tertiary/aromatic N) is 2. The number of benzene rings is 1. The fourth-order valence-corrected chi connectivity index (χ4v) is 4.69. The Labute approximate surface area is 193 Å². The lowest BCUT2D eigenvalue weighted by molar-refractivity contribution is -0.139. The van der Waals surface area contributed by atoms with Gasteiger partial charge in [-0.1, -0.05) is 6.92 Å². The molecule has 2 unspecified atom stereocenters. The lowest BCUT2D eigenvalue weighted by Gasteiger charge is -2.35. The van der Waals surface area contributed by atoms with E-state index in [0.29, 0.717) is 31.0 Å². The Morgan fingerprint density at radius 1 is 1.27 bits per heavy atom. The highest BCUT2D eigenvalue weighted by molar-refractivity contribution is 6.13. The minimum atomic E-state index is -1.17. The molecule has 1 saturated heterocycles. The molecule has 9 heteroatoms. The van der Waals surface area contributed by atoms with Crippen LogP contribution in [0, 0.1) is 17.2 Å². The van der Waals surface area contributed by atoms with Crippen LogP contribution in [-0.2, 0) is 9.53 Å². The number of carbonyl (C=O) groups excluding carboxylic acids is 2. The van der Waals surface area contributed by atoms with Crippen molar-refractivity contribution in [2.75, 3.05) is 36.0 Å². The molecule has 2 aliphatic heterocycles. The molecule has 2 N–H and O–H groups in total. The van der Waals surface area contributed by atoms with Crippen LogP contribution in [-0.4, -0.2) is 60.8 Å². The predicted molar refractivity (Wildman–Crippen MR) is 121 cm³/mol. The molecule has 2 atom stereocenters. The van der Waals surface area contributed by atoms with Crippen molar-refractivity contribution in [1.29, 1.82) is 0 Å². The van der Waals surface area contributed by atoms with Crippen LogP contribution >= 0.6 is 0 Å². The number of halogens is 1. The van der Waals surface area contributed by atoms with E-state index in [1.54, 1.807) is 26.8 Å². The molecule has 1 aromatic rings. The van der Waals surface area contributed by atoms with Gasteiger partial charge in [-0.3, -0.25) is 9.59 Å². The second-order valence-electron chi connectivity index (χ2n) is 10.8. The van der Waals surface area contributed by atoms with E-state index in [1.165, 1.54) is 6.07 Å². The van der Waals surface area contributed by atoms with Gasteiger partial charge in [-0.15, -0.1) is 0 Å². The summed E-state index contributed by atoms with van der Waals surface area (Å²) >= 11 is 0. The van der Waals surface area contributed by atoms with Gasteiger partial charge in [0, 0.05) is 43.2 Å². The summed E-state index contributed by atoms with van der Waals surface area (Å²) in [6.45, 7) is 9.12. The third-order valence-corrected chi connectivity index (χ3v) is 6.58. The lowest BCUT2D eigenvalue weighted by atomic mass is 9.89. The molecule has 8 nitrogen and oxygen atoms in total. The van der Waals surface area contributed by atoms with Crippen LogP contribution < -0.4 is 15.1 Å². The van der Waals surface area contributed by atoms with Gasteiger partial charge >= 0.3 is 12.1 Å². The first kappa shape index (κ1) is 23.3. The Hall–Kier alpha value is -2.84. The maximum Gasteiger partial charge on any atom is 0.407 e. The van der Waals surface area contributed by atoms with Gasteiger partial charge in [0.15, 0.2) is 5.78 Å². The van der Waals surface area contributed by atoms with Crippen molar-refractivity contribution in [3.05, 3.63) is 23.5 Å². The quantitative estimate of drug-likeness (QED) is 0.648. The molecule has 0 radical (unpaired) electrons. The van der Waals surface area contributed by atoms with E-state index in [0.717, 1.165) is 19.3 Å². The largest absolute Gasteiger partial charge is 0.481 e. The van der Waals surface area contributed by atoms with Crippen molar-refractivity contribution < 1.29 is 28.6 Å². The van der Waals surface area contributed by atoms with Crippen molar-refractivity contribution in [2.45, 2.75) is 58.6 Å². The average molecular weight is 462 g/mol. The average Bonchev–Trinajstić information content (AvgIpc) is 3.47. The molecule has 1 saturated carbocycles. The summed E-state index contributed by atoms with van der Waals surface area (Å²) in [5.74, 6) is -3.41. The Balaban J connectivity index is 1.52. The number of carboxylic acids is 1. The number of amides is 1. The molecule has 180 valence electrons. The van der Waals surface area contributed by atoms with Gasteiger partial charge in [-0.05, 0) is 52.2 Å². The van der Waals surface area contributed by atoms with E-state index in [4.69, 9.17) is 4.74 Å². The molecule has 0 aromatic heterocycles. The van der Waals surface area contributed by atoms with Gasteiger partial charge in [0.25, 0.3) is 0 Å². The number of hydrogen-bond acceptors (Lipinski definition) is 6. The zero-order chi connectivity index (χ0) is 24.1. The molecule has 2 heterocycles. The maximum atomic E-state index is 15.2.